The van der Waals surface area contributed by atoms with Crippen LogP contribution in [-0.4, -0.2) is 9.97 Å². The lowest BCUT2D eigenvalue weighted by Crippen LogP contribution is -1.75. The van der Waals surface area contributed by atoms with Crippen LogP contribution in [0.1, 0.15) is 0 Å². The van der Waals surface area contributed by atoms with Crippen molar-refractivity contribution in [2.75, 3.05) is 0 Å². The van der Waals surface area contributed by atoms with Gasteiger partial charge in [-0.15, -0.1) is 0 Å². The zero-order valence-corrected chi connectivity index (χ0v) is 7.80. The molecular weight excluding hydrogens is 216 g/mol. The van der Waals surface area contributed by atoms with E-state index in [1.807, 2.05) is 30.5 Å². The topological polar surface area (TPSA) is 28.7 Å². The number of hydrogen-bond acceptors (Lipinski definition) is 1. The fraction of sp³-hybridized carbons (Fsp3) is 0. The van der Waals surface area contributed by atoms with Gasteiger partial charge in [0.2, 0.25) is 0 Å². The lowest BCUT2D eigenvalue weighted by Gasteiger charge is -1.94. The van der Waals surface area contributed by atoms with E-state index in [-0.39, 0.29) is 0 Å². The molecule has 0 aliphatic heterocycles. The molecule has 0 atom stereocenters. The molecule has 1 heterocycles. The normalized spacial score (nSPS) is 10.1. The molecule has 2 nitrogen and oxygen atoms in total. The fourth-order valence-corrected chi connectivity index (χ4v) is 1.26. The van der Waals surface area contributed by atoms with E-state index in [1.54, 1.807) is 0 Å². The molecule has 2 aromatic rings. The maximum absolute atomic E-state index is 4.02. The van der Waals surface area contributed by atoms with E-state index in [9.17, 15) is 0 Å². The van der Waals surface area contributed by atoms with E-state index in [0.29, 0.717) is 0 Å². The summed E-state index contributed by atoms with van der Waals surface area (Å²) in [5.41, 5.74) is 2.01. The first-order valence-corrected chi connectivity index (χ1v) is 4.33. The molecule has 0 bridgehead atoms. The molecule has 2 rings (SSSR count). The van der Waals surface area contributed by atoms with Crippen LogP contribution in [0.2, 0.25) is 0 Å². The van der Waals surface area contributed by atoms with Crippen LogP contribution in [0.3, 0.4) is 0 Å². The summed E-state index contributed by atoms with van der Waals surface area (Å²) in [6.07, 6.45) is 4.48. The van der Waals surface area contributed by atoms with Crippen molar-refractivity contribution in [1.29, 1.82) is 0 Å². The van der Waals surface area contributed by atoms with Crippen LogP contribution in [0.5, 0.6) is 0 Å². The zero-order chi connectivity index (χ0) is 8.39. The first kappa shape index (κ1) is 7.55. The first-order chi connectivity index (χ1) is 5.86. The third kappa shape index (κ3) is 1.41. The lowest BCUT2D eigenvalue weighted by atomic mass is 10.2. The van der Waals surface area contributed by atoms with Crippen molar-refractivity contribution in [3.63, 3.8) is 0 Å². The Morgan fingerprint density at radius 3 is 2.58 bits per heavy atom. The molecule has 12 heavy (non-hydrogen) atoms. The van der Waals surface area contributed by atoms with Gasteiger partial charge in [-0.25, -0.2) is 4.98 Å². The number of benzene rings is 1. The number of aromatic nitrogens is 2. The van der Waals surface area contributed by atoms with Gasteiger partial charge in [-0.2, -0.15) is 0 Å². The highest BCUT2D eigenvalue weighted by Crippen LogP contribution is 2.18. The Morgan fingerprint density at radius 2 is 2.00 bits per heavy atom. The van der Waals surface area contributed by atoms with Gasteiger partial charge in [0.25, 0.3) is 0 Å². The van der Waals surface area contributed by atoms with Crippen LogP contribution in [-0.2, 0) is 0 Å². The summed E-state index contributed by atoms with van der Waals surface area (Å²) < 4.78 is 1.07. The Morgan fingerprint density at radius 1 is 1.25 bits per heavy atom. The number of nitrogens with one attached hydrogen (secondary N) is 1. The third-order valence-electron chi connectivity index (χ3n) is 1.59. The molecule has 0 unspecified atom stereocenters. The Bertz CT molecular complexity index is 351. The second-order valence-electron chi connectivity index (χ2n) is 2.40. The van der Waals surface area contributed by atoms with Crippen LogP contribution in [0.25, 0.3) is 11.3 Å². The number of rotatable bonds is 1. The number of imidazole rings is 1. The predicted molar refractivity (Wildman–Crippen MR) is 50.6 cm³/mol. The SMILES string of the molecule is Brc1ccc(-c2c[nH][c]n2)cc1. The smallest absolute Gasteiger partial charge is 0.174 e. The molecule has 1 N–H and O–H groups in total. The summed E-state index contributed by atoms with van der Waals surface area (Å²) in [4.78, 5) is 6.82. The molecule has 1 radical (unpaired) electrons. The standard InChI is InChI=1S/C9H6BrN2/c10-8-3-1-7(2-4-8)9-5-11-6-12-9/h1-5H,(H,11,12). The number of hydrogen-bond donors (Lipinski definition) is 1. The maximum atomic E-state index is 4.02. The Kier molecular flexibility index (Phi) is 1.96. The maximum Gasteiger partial charge on any atom is 0.174 e. The third-order valence-corrected chi connectivity index (χ3v) is 2.12. The molecule has 3 heteroatoms. The van der Waals surface area contributed by atoms with Gasteiger partial charge in [0, 0.05) is 16.2 Å². The molecule has 0 saturated carbocycles. The number of halogens is 1. The highest BCUT2D eigenvalue weighted by atomic mass is 79.9. The van der Waals surface area contributed by atoms with Crippen molar-refractivity contribution in [3.05, 3.63) is 41.3 Å². The highest BCUT2D eigenvalue weighted by Gasteiger charge is 1.97. The predicted octanol–water partition coefficient (Wildman–Crippen LogP) is 2.64. The number of H-pyrrole nitrogens is 1. The second kappa shape index (κ2) is 3.11. The van der Waals surface area contributed by atoms with Crippen LogP contribution >= 0.6 is 15.9 Å². The summed E-state index contributed by atoms with van der Waals surface area (Å²) in [7, 11) is 0. The van der Waals surface area contributed by atoms with Crippen molar-refractivity contribution in [3.8, 4) is 11.3 Å². The van der Waals surface area contributed by atoms with Gasteiger partial charge in [0.1, 0.15) is 0 Å². The largest absolute Gasteiger partial charge is 0.341 e. The molecule has 0 spiro atoms. The van der Waals surface area contributed by atoms with Crippen molar-refractivity contribution < 1.29 is 0 Å². The quantitative estimate of drug-likeness (QED) is 0.789. The summed E-state index contributed by atoms with van der Waals surface area (Å²) in [6.45, 7) is 0. The van der Waals surface area contributed by atoms with E-state index < -0.39 is 0 Å². The first-order valence-electron chi connectivity index (χ1n) is 3.53. The second-order valence-corrected chi connectivity index (χ2v) is 3.32. The van der Waals surface area contributed by atoms with Crippen LogP contribution in [0, 0.1) is 6.33 Å². The molecule has 0 amide bonds. The van der Waals surface area contributed by atoms with E-state index in [0.717, 1.165) is 15.7 Å². The Labute approximate surface area is 78.8 Å². The van der Waals surface area contributed by atoms with E-state index in [4.69, 9.17) is 0 Å². The van der Waals surface area contributed by atoms with Crippen LogP contribution < -0.4 is 0 Å². The van der Waals surface area contributed by atoms with Gasteiger partial charge in [0.05, 0.1) is 5.69 Å². The van der Waals surface area contributed by atoms with Gasteiger partial charge < -0.3 is 4.98 Å². The molecule has 0 saturated heterocycles. The molecule has 0 fully saturated rings. The summed E-state index contributed by atoms with van der Waals surface area (Å²) in [5, 5.41) is 0. The molecule has 1 aromatic carbocycles. The van der Waals surface area contributed by atoms with E-state index >= 15 is 0 Å². The van der Waals surface area contributed by atoms with Gasteiger partial charge >= 0.3 is 0 Å². The van der Waals surface area contributed by atoms with Gasteiger partial charge in [-0.05, 0) is 12.1 Å². The number of aromatic amines is 1. The molecular formula is C9H6BrN2. The van der Waals surface area contributed by atoms with Crippen LogP contribution in [0.4, 0.5) is 0 Å². The van der Waals surface area contributed by atoms with Gasteiger partial charge in [0.15, 0.2) is 6.33 Å². The fourth-order valence-electron chi connectivity index (χ4n) is 0.994. The van der Waals surface area contributed by atoms with Gasteiger partial charge in [-0.3, -0.25) is 0 Å². The molecule has 0 aliphatic carbocycles. The van der Waals surface area contributed by atoms with Crippen LogP contribution in [0.15, 0.2) is 34.9 Å². The molecule has 59 valence electrons. The minimum atomic E-state index is 0.919. The minimum Gasteiger partial charge on any atom is -0.341 e. The van der Waals surface area contributed by atoms with Crippen molar-refractivity contribution >= 4 is 15.9 Å². The van der Waals surface area contributed by atoms with Crippen molar-refractivity contribution in [2.24, 2.45) is 0 Å². The zero-order valence-electron chi connectivity index (χ0n) is 6.21. The van der Waals surface area contributed by atoms with E-state index in [2.05, 4.69) is 32.2 Å². The number of nitrogens with zero attached hydrogens (tertiary/aromatic N) is 1. The summed E-state index contributed by atoms with van der Waals surface area (Å²) >= 11 is 3.37. The monoisotopic (exact) mass is 221 g/mol. The van der Waals surface area contributed by atoms with Crippen molar-refractivity contribution in [2.45, 2.75) is 0 Å². The average Bonchev–Trinajstić information content (AvgIpc) is 2.58. The highest BCUT2D eigenvalue weighted by molar-refractivity contribution is 9.10. The minimum absolute atomic E-state index is 0.919. The van der Waals surface area contributed by atoms with E-state index in [1.165, 1.54) is 0 Å². The van der Waals surface area contributed by atoms with Gasteiger partial charge in [-0.1, -0.05) is 28.1 Å². The summed E-state index contributed by atoms with van der Waals surface area (Å²) in [6, 6.07) is 8.00. The van der Waals surface area contributed by atoms with Crippen molar-refractivity contribution in [1.82, 2.24) is 9.97 Å². The lowest BCUT2D eigenvalue weighted by molar-refractivity contribution is 1.29. The Hall–Kier alpha value is -1.09. The molecule has 1 aromatic heterocycles. The average molecular weight is 222 g/mol. The Balaban J connectivity index is 2.43. The molecule has 0 aliphatic rings. The summed E-state index contributed by atoms with van der Waals surface area (Å²) in [5.74, 6) is 0.